The van der Waals surface area contributed by atoms with Crippen molar-refractivity contribution in [2.75, 3.05) is 19.6 Å². The van der Waals surface area contributed by atoms with Crippen LogP contribution in [0.15, 0.2) is 35.3 Å². The number of rotatable bonds is 8. The number of hydrogen-bond acceptors (Lipinski definition) is 2. The monoisotopic (exact) mass is 432 g/mol. The Morgan fingerprint density at radius 3 is 2.17 bits per heavy atom. The molecule has 0 amide bonds. The first-order valence-corrected chi connectivity index (χ1v) is 8.36. The number of nitrogens with one attached hydrogen (secondary N) is 2. The lowest BCUT2D eigenvalue weighted by atomic mass is 10.2. The average molecular weight is 432 g/mol. The normalized spacial score (nSPS) is 11.7. The van der Waals surface area contributed by atoms with Crippen molar-refractivity contribution in [3.8, 4) is 0 Å². The number of halogens is 1. The predicted octanol–water partition coefficient (Wildman–Crippen LogP) is 3.48. The molecular weight excluding hydrogens is 399 g/mol. The van der Waals surface area contributed by atoms with Crippen LogP contribution in [0.2, 0.25) is 0 Å². The van der Waals surface area contributed by atoms with Crippen molar-refractivity contribution in [1.29, 1.82) is 0 Å². The van der Waals surface area contributed by atoms with E-state index in [4.69, 9.17) is 0 Å². The van der Waals surface area contributed by atoms with Crippen molar-refractivity contribution in [2.24, 2.45) is 4.99 Å². The van der Waals surface area contributed by atoms with Crippen LogP contribution in [0.1, 0.15) is 40.2 Å². The zero-order valence-electron chi connectivity index (χ0n) is 15.2. The van der Waals surface area contributed by atoms with Crippen LogP contribution in [0.3, 0.4) is 0 Å². The summed E-state index contributed by atoms with van der Waals surface area (Å²) in [6.45, 7) is 14.6. The number of aliphatic imine (C=N–C) groups is 1. The smallest absolute Gasteiger partial charge is 0.191 e. The van der Waals surface area contributed by atoms with Crippen LogP contribution in [0.5, 0.6) is 0 Å². The molecule has 1 rings (SSSR count). The summed E-state index contributed by atoms with van der Waals surface area (Å²) < 4.78 is 0. The summed E-state index contributed by atoms with van der Waals surface area (Å²) in [6.07, 6.45) is 0. The van der Waals surface area contributed by atoms with E-state index >= 15 is 0 Å². The quantitative estimate of drug-likeness (QED) is 0.376. The van der Waals surface area contributed by atoms with Crippen LogP contribution < -0.4 is 10.6 Å². The van der Waals surface area contributed by atoms with E-state index in [-0.39, 0.29) is 24.0 Å². The molecule has 0 fully saturated rings. The standard InChI is InChI=1S/C18H32N4.HI/c1-6-19-18(21-14-17-10-8-7-9-11-17)20-12-13-22(15(2)3)16(4)5;/h7-11,15-16H,6,12-14H2,1-5H3,(H2,19,20,21);1H. The van der Waals surface area contributed by atoms with Gasteiger partial charge in [-0.05, 0) is 40.2 Å². The highest BCUT2D eigenvalue weighted by Crippen LogP contribution is 2.03. The molecule has 1 aromatic carbocycles. The second-order valence-corrected chi connectivity index (χ2v) is 6.03. The molecule has 2 N–H and O–H groups in total. The van der Waals surface area contributed by atoms with Gasteiger partial charge in [0.1, 0.15) is 0 Å². The molecule has 0 unspecified atom stereocenters. The molecule has 0 bridgehead atoms. The lowest BCUT2D eigenvalue weighted by molar-refractivity contribution is 0.178. The maximum absolute atomic E-state index is 4.65. The van der Waals surface area contributed by atoms with Crippen LogP contribution in [0, 0.1) is 0 Å². The van der Waals surface area contributed by atoms with Crippen molar-refractivity contribution in [2.45, 2.75) is 53.2 Å². The molecule has 23 heavy (non-hydrogen) atoms. The molecule has 0 atom stereocenters. The summed E-state index contributed by atoms with van der Waals surface area (Å²) in [5, 5.41) is 6.73. The van der Waals surface area contributed by atoms with Gasteiger partial charge in [0.2, 0.25) is 0 Å². The summed E-state index contributed by atoms with van der Waals surface area (Å²) in [4.78, 5) is 7.13. The minimum Gasteiger partial charge on any atom is -0.357 e. The molecule has 0 heterocycles. The highest BCUT2D eigenvalue weighted by molar-refractivity contribution is 14.0. The fourth-order valence-electron chi connectivity index (χ4n) is 2.51. The van der Waals surface area contributed by atoms with E-state index in [1.54, 1.807) is 0 Å². The van der Waals surface area contributed by atoms with Gasteiger partial charge in [-0.15, -0.1) is 24.0 Å². The summed E-state index contributed by atoms with van der Waals surface area (Å²) in [7, 11) is 0. The molecular formula is C18H33IN4. The molecule has 0 aliphatic rings. The van der Waals surface area contributed by atoms with Gasteiger partial charge in [0, 0.05) is 31.7 Å². The van der Waals surface area contributed by atoms with Crippen LogP contribution in [-0.4, -0.2) is 42.6 Å². The first kappa shape index (κ1) is 22.2. The van der Waals surface area contributed by atoms with Crippen LogP contribution in [0.25, 0.3) is 0 Å². The fraction of sp³-hybridized carbons (Fsp3) is 0.611. The van der Waals surface area contributed by atoms with Gasteiger partial charge in [-0.1, -0.05) is 30.3 Å². The van der Waals surface area contributed by atoms with Crippen molar-refractivity contribution in [1.82, 2.24) is 15.5 Å². The van der Waals surface area contributed by atoms with E-state index in [2.05, 4.69) is 67.3 Å². The van der Waals surface area contributed by atoms with E-state index in [0.717, 1.165) is 25.6 Å². The third-order valence-electron chi connectivity index (χ3n) is 3.60. The molecule has 0 aromatic heterocycles. The molecule has 4 nitrogen and oxygen atoms in total. The van der Waals surface area contributed by atoms with Gasteiger partial charge in [0.15, 0.2) is 5.96 Å². The van der Waals surface area contributed by atoms with E-state index in [0.29, 0.717) is 18.6 Å². The number of nitrogens with zero attached hydrogens (tertiary/aromatic N) is 2. The lowest BCUT2D eigenvalue weighted by Gasteiger charge is -2.30. The van der Waals surface area contributed by atoms with Gasteiger partial charge in [0.25, 0.3) is 0 Å². The summed E-state index contributed by atoms with van der Waals surface area (Å²) in [5.74, 6) is 0.888. The highest BCUT2D eigenvalue weighted by atomic mass is 127. The van der Waals surface area contributed by atoms with Crippen molar-refractivity contribution < 1.29 is 0 Å². The van der Waals surface area contributed by atoms with Crippen molar-refractivity contribution >= 4 is 29.9 Å². The maximum atomic E-state index is 4.65. The Kier molecular flexibility index (Phi) is 12.1. The second-order valence-electron chi connectivity index (χ2n) is 6.03. The summed E-state index contributed by atoms with van der Waals surface area (Å²) >= 11 is 0. The Morgan fingerprint density at radius 1 is 1.04 bits per heavy atom. The molecule has 0 aliphatic heterocycles. The van der Waals surface area contributed by atoms with Gasteiger partial charge < -0.3 is 10.6 Å². The van der Waals surface area contributed by atoms with E-state index < -0.39 is 0 Å². The molecule has 5 heteroatoms. The Hall–Kier alpha value is -0.820. The third kappa shape index (κ3) is 9.15. The molecule has 0 spiro atoms. The minimum absolute atomic E-state index is 0. The van der Waals surface area contributed by atoms with Crippen molar-refractivity contribution in [3.63, 3.8) is 0 Å². The first-order valence-electron chi connectivity index (χ1n) is 8.36. The van der Waals surface area contributed by atoms with E-state index in [1.165, 1.54) is 5.56 Å². The molecule has 0 saturated carbocycles. The Bertz CT molecular complexity index is 424. The summed E-state index contributed by atoms with van der Waals surface area (Å²) in [6, 6.07) is 11.5. The zero-order valence-corrected chi connectivity index (χ0v) is 17.5. The number of hydrogen-bond donors (Lipinski definition) is 2. The largest absolute Gasteiger partial charge is 0.357 e. The minimum atomic E-state index is 0. The average Bonchev–Trinajstić information content (AvgIpc) is 2.49. The second kappa shape index (κ2) is 12.6. The van der Waals surface area contributed by atoms with Gasteiger partial charge >= 0.3 is 0 Å². The maximum Gasteiger partial charge on any atom is 0.191 e. The Morgan fingerprint density at radius 2 is 1.65 bits per heavy atom. The fourth-order valence-corrected chi connectivity index (χ4v) is 2.51. The molecule has 0 radical (unpaired) electrons. The van der Waals surface area contributed by atoms with Gasteiger partial charge in [-0.3, -0.25) is 4.90 Å². The predicted molar refractivity (Wildman–Crippen MR) is 112 cm³/mol. The summed E-state index contributed by atoms with van der Waals surface area (Å²) in [5.41, 5.74) is 1.23. The number of benzene rings is 1. The Balaban J connectivity index is 0.00000484. The topological polar surface area (TPSA) is 39.7 Å². The molecule has 0 aliphatic carbocycles. The van der Waals surface area contributed by atoms with E-state index in [1.807, 2.05) is 18.2 Å². The first-order chi connectivity index (χ1) is 10.5. The molecule has 0 saturated heterocycles. The van der Waals surface area contributed by atoms with Crippen LogP contribution >= 0.6 is 24.0 Å². The van der Waals surface area contributed by atoms with Gasteiger partial charge in [-0.2, -0.15) is 0 Å². The van der Waals surface area contributed by atoms with Gasteiger partial charge in [0.05, 0.1) is 6.54 Å². The SMILES string of the molecule is CCNC(=NCc1ccccc1)NCCN(C(C)C)C(C)C.I. The number of guanidine groups is 1. The third-order valence-corrected chi connectivity index (χ3v) is 3.60. The molecule has 132 valence electrons. The van der Waals surface area contributed by atoms with Crippen LogP contribution in [0.4, 0.5) is 0 Å². The lowest BCUT2D eigenvalue weighted by Crippen LogP contribution is -2.45. The Labute approximate surface area is 159 Å². The highest BCUT2D eigenvalue weighted by Gasteiger charge is 2.12. The van der Waals surface area contributed by atoms with Crippen molar-refractivity contribution in [3.05, 3.63) is 35.9 Å². The van der Waals surface area contributed by atoms with Crippen LogP contribution in [-0.2, 0) is 6.54 Å². The van der Waals surface area contributed by atoms with Gasteiger partial charge in [-0.25, -0.2) is 4.99 Å². The zero-order chi connectivity index (χ0) is 16.4. The van der Waals surface area contributed by atoms with E-state index in [9.17, 15) is 0 Å². The molecule has 1 aromatic rings.